The number of nitrogens with two attached hydrogens (primary N) is 2. The van der Waals surface area contributed by atoms with Gasteiger partial charge < -0.3 is 22.9 Å². The Labute approximate surface area is 528 Å². The van der Waals surface area contributed by atoms with E-state index in [1.54, 1.807) is 25.1 Å². The van der Waals surface area contributed by atoms with Gasteiger partial charge in [0.25, 0.3) is 16.7 Å². The molecule has 3 aromatic carbocycles. The molecule has 25 nitrogen and oxygen atoms in total. The van der Waals surface area contributed by atoms with Gasteiger partial charge >= 0.3 is 77.3 Å². The number of rotatable bonds is 7. The summed E-state index contributed by atoms with van der Waals surface area (Å²) < 4.78 is 163. The molecule has 0 fully saturated rings. The number of hydrogen-bond donors (Lipinski definition) is 3. The number of nitrogens with one attached hydrogen (secondary N) is 1. The summed E-state index contributed by atoms with van der Waals surface area (Å²) in [6, 6.07) is 10.4. The van der Waals surface area contributed by atoms with Gasteiger partial charge in [0.2, 0.25) is 0 Å². The number of nitrogen functional groups attached to an aromatic ring is 1. The number of carbonyl (C=O) groups excluding carboxylic acids is 3. The molecule has 0 saturated carbocycles. The van der Waals surface area contributed by atoms with Gasteiger partial charge in [0.05, 0.1) is 52.6 Å². The van der Waals surface area contributed by atoms with Crippen LogP contribution in [0.2, 0.25) is 0 Å². The molecule has 6 aromatic rings. The van der Waals surface area contributed by atoms with E-state index in [4.69, 9.17) is 58.4 Å². The first-order valence-corrected chi connectivity index (χ1v) is 22.1. The zero-order chi connectivity index (χ0) is 66.0. The molecule has 3 aromatic heterocycles. The SMILES string of the molecule is C.C=CC(=O)OC.CC(Cl)Cc1cc(-n2c(=O)cc(C(F)(F)F)n(C)c2=O)c(F)cc1C#N.Cl.Cn1c(C(F)(F)F)cc(=O)n(-c2cc(N)c(C#N)cc2F)c1=O.Cn1c(C(F)(F)F)cc(=O)n(-c2cc(N=[NH2+])c(C#N)cc2F)c1=O.O=C=O.O=[NH+][O-].[Cl-].[Na+]. The minimum absolute atomic E-state index is 0. The second-order valence-electron chi connectivity index (χ2n) is 15.6. The van der Waals surface area contributed by atoms with Crippen molar-refractivity contribution in [3.63, 3.8) is 0 Å². The van der Waals surface area contributed by atoms with Crippen LogP contribution in [0, 0.1) is 61.6 Å². The van der Waals surface area contributed by atoms with E-state index in [2.05, 4.69) is 16.4 Å². The fourth-order valence-corrected chi connectivity index (χ4v) is 6.72. The molecule has 474 valence electrons. The van der Waals surface area contributed by atoms with Crippen molar-refractivity contribution in [3.8, 4) is 35.3 Å². The molecule has 0 saturated heterocycles. The normalized spacial score (nSPS) is 10.3. The average molecular weight is 1350 g/mol. The van der Waals surface area contributed by atoms with Gasteiger partial charge in [-0.3, -0.25) is 38.2 Å². The Morgan fingerprint density at radius 1 is 0.697 bits per heavy atom. The topological polar surface area (TPSA) is 382 Å². The first kappa shape index (κ1) is 86.0. The molecule has 0 bridgehead atoms. The van der Waals surface area contributed by atoms with Gasteiger partial charge in [0, 0.05) is 56.1 Å². The summed E-state index contributed by atoms with van der Waals surface area (Å²) >= 11 is 5.88. The van der Waals surface area contributed by atoms with E-state index in [9.17, 15) is 86.2 Å². The molecule has 0 aliphatic rings. The van der Waals surface area contributed by atoms with Gasteiger partial charge in [-0.25, -0.2) is 46.1 Å². The summed E-state index contributed by atoms with van der Waals surface area (Å²) in [7, 11) is 3.72. The molecular formula is C48H40Cl3F12N13NaO12+. The number of hydrogen-bond acceptors (Lipinski definition) is 17. The molecule has 0 spiro atoms. The third kappa shape index (κ3) is 22.1. The number of alkyl halides is 10. The molecule has 0 amide bonds. The predicted molar refractivity (Wildman–Crippen MR) is 277 cm³/mol. The second kappa shape index (κ2) is 36.7. The number of methoxy groups -OCH3 is 1. The van der Waals surface area contributed by atoms with Crippen molar-refractivity contribution in [2.45, 2.75) is 44.7 Å². The zero-order valence-corrected chi connectivity index (χ0v) is 49.3. The molecule has 0 radical (unpaired) electrons. The first-order valence-electron chi connectivity index (χ1n) is 21.7. The maximum Gasteiger partial charge on any atom is 1.00 e. The van der Waals surface area contributed by atoms with Crippen LogP contribution >= 0.6 is 24.0 Å². The average Bonchev–Trinajstić information content (AvgIpc) is 0.913. The van der Waals surface area contributed by atoms with E-state index in [0.29, 0.717) is 12.1 Å². The Morgan fingerprint density at radius 3 is 1.25 bits per heavy atom. The molecule has 5 N–H and O–H groups in total. The number of nitriles is 3. The summed E-state index contributed by atoms with van der Waals surface area (Å²) in [6.45, 7) is 4.78. The van der Waals surface area contributed by atoms with Crippen LogP contribution in [0.1, 0.15) is 53.7 Å². The van der Waals surface area contributed by atoms with E-state index in [1.807, 2.05) is 0 Å². The Kier molecular flexibility index (Phi) is 35.4. The summed E-state index contributed by atoms with van der Waals surface area (Å²) in [5.74, 6) is -3.80. The fraction of sp³-hybridized carbons (Fsp3) is 0.229. The third-order valence-electron chi connectivity index (χ3n) is 10.3. The Balaban J connectivity index is -0.000000546. The standard InChI is InChI=1S/C16H12ClF4N3O2.C13H7F4N5O2.C13H8F4N4O2.C4H6O2.CO2.CH4.2ClH.HNO2.Na/c1-8(17)3-9-5-12(11(18)4-10(9)7-22)24-14(25)6-13(16(19,20)21)23(2)15(24)26;1-21-10(13(15,16)17)4-11(23)22(12(21)24)9-3-8(20-19)6(5-18)2-7(9)14;1-20-10(13(15,16)17)4-11(22)21(12(20)23)9-3-8(19)6(5-18)2-7(9)14;1-3-4(5)6-2;2-1-3;;;;2-1-3;/h4-6,8H,3H2,1-2H3;2-4,19H,1H3;2-4H,19H2,1H3;3H,1H2,2H3;;1H4;2*1H;1H;/q;;;;;;;;;+1. The number of halogens is 15. The van der Waals surface area contributed by atoms with Gasteiger partial charge in [0.1, 0.15) is 52.4 Å². The van der Waals surface area contributed by atoms with Gasteiger partial charge in [-0.15, -0.1) is 24.0 Å². The van der Waals surface area contributed by atoms with E-state index >= 15 is 0 Å². The monoisotopic (exact) mass is 1350 g/mol. The van der Waals surface area contributed by atoms with Crippen molar-refractivity contribution in [2.24, 2.45) is 26.3 Å². The first-order chi connectivity index (χ1) is 39.3. The van der Waals surface area contributed by atoms with Gasteiger partial charge in [-0.1, -0.05) is 14.0 Å². The van der Waals surface area contributed by atoms with Crippen LogP contribution in [-0.2, 0) is 65.2 Å². The molecule has 3 heterocycles. The number of aromatic nitrogens is 6. The van der Waals surface area contributed by atoms with Crippen molar-refractivity contribution in [3.05, 3.63) is 197 Å². The molecule has 0 aliphatic heterocycles. The number of anilines is 1. The van der Waals surface area contributed by atoms with Crippen LogP contribution in [0.25, 0.3) is 17.1 Å². The summed E-state index contributed by atoms with van der Waals surface area (Å²) in [5, 5.41) is 37.8. The van der Waals surface area contributed by atoms with Crippen LogP contribution in [0.4, 0.5) is 64.1 Å². The van der Waals surface area contributed by atoms with Crippen molar-refractivity contribution in [1.29, 1.82) is 15.8 Å². The van der Waals surface area contributed by atoms with Crippen LogP contribution in [0.15, 0.2) is 101 Å². The Hall–Kier alpha value is -9.41. The number of carbonyl (C=O) groups is 1. The molecule has 1 atom stereocenters. The van der Waals surface area contributed by atoms with E-state index in [-0.39, 0.29) is 159 Å². The molecule has 6 rings (SSSR count). The minimum Gasteiger partial charge on any atom is -1.00 e. The summed E-state index contributed by atoms with van der Waals surface area (Å²) in [4.78, 5) is 106. The van der Waals surface area contributed by atoms with Crippen molar-refractivity contribution >= 4 is 47.5 Å². The van der Waals surface area contributed by atoms with Crippen molar-refractivity contribution in [2.75, 3.05) is 12.8 Å². The maximum atomic E-state index is 14.4. The molecule has 89 heavy (non-hydrogen) atoms. The van der Waals surface area contributed by atoms with Crippen molar-refractivity contribution in [1.82, 2.24) is 27.4 Å². The number of benzene rings is 3. The van der Waals surface area contributed by atoms with Crippen molar-refractivity contribution < 1.29 is 125 Å². The molecule has 1 unspecified atom stereocenters. The van der Waals surface area contributed by atoms with E-state index in [0.717, 1.165) is 51.5 Å². The maximum absolute atomic E-state index is 14.4. The second-order valence-corrected chi connectivity index (χ2v) is 16.4. The predicted octanol–water partition coefficient (Wildman–Crippen LogP) is -2.55. The fourth-order valence-electron chi connectivity index (χ4n) is 6.56. The Morgan fingerprint density at radius 2 is 0.989 bits per heavy atom. The zero-order valence-electron chi connectivity index (χ0n) is 45.0. The van der Waals surface area contributed by atoms with Crippen LogP contribution < -0.4 is 92.3 Å². The molecular weight excluding hydrogens is 1310 g/mol. The van der Waals surface area contributed by atoms with E-state index in [1.165, 1.54) is 7.11 Å². The summed E-state index contributed by atoms with van der Waals surface area (Å²) in [5.41, 5.74) is -4.74. The molecule has 41 heteroatoms. The largest absolute Gasteiger partial charge is 1.00 e. The van der Waals surface area contributed by atoms with Gasteiger partial charge in [0.15, 0.2) is 0 Å². The summed E-state index contributed by atoms with van der Waals surface area (Å²) in [6.07, 6.45) is -13.3. The number of esters is 1. The van der Waals surface area contributed by atoms with Crippen LogP contribution in [-0.4, -0.2) is 52.0 Å². The van der Waals surface area contributed by atoms with E-state index < -0.39 is 115 Å². The number of nitrogens with zero attached hydrogens (tertiary/aromatic N) is 10. The third-order valence-corrected chi connectivity index (χ3v) is 10.4. The molecule has 0 aliphatic carbocycles. The van der Waals surface area contributed by atoms with Crippen LogP contribution in [0.5, 0.6) is 0 Å². The van der Waals surface area contributed by atoms with Crippen LogP contribution in [0.3, 0.4) is 0 Å². The van der Waals surface area contributed by atoms with Gasteiger partial charge in [-0.05, 0) is 60.4 Å². The van der Waals surface area contributed by atoms with Gasteiger partial charge in [-0.2, -0.15) is 70.4 Å². The Bertz CT molecular complexity index is 4120. The number of ether oxygens (including phenoxy) is 1. The smallest absolute Gasteiger partial charge is 1.00 e. The quantitative estimate of drug-likeness (QED) is 0.0171. The minimum atomic E-state index is -4.94.